The Balaban J connectivity index is 3.66. The van der Waals surface area contributed by atoms with Gasteiger partial charge >= 0.3 is 11.9 Å². The Hall–Kier alpha value is -3.38. The molecule has 0 saturated heterocycles. The number of unbranched alkanes of at least 4 members (excludes halogenated alkanes) is 14. The molecule has 0 saturated carbocycles. The number of hydrogen-bond acceptors (Lipinski definition) is 11. The van der Waals surface area contributed by atoms with Gasteiger partial charge in [-0.3, -0.25) is 24.0 Å². The van der Waals surface area contributed by atoms with E-state index in [4.69, 9.17) is 29.2 Å². The van der Waals surface area contributed by atoms with Gasteiger partial charge in [0.2, 0.25) is 23.6 Å². The first-order valence-electron chi connectivity index (χ1n) is 19.6. The highest BCUT2D eigenvalue weighted by atomic mass is 16.5. The van der Waals surface area contributed by atoms with Gasteiger partial charge in [-0.2, -0.15) is 0 Å². The molecule has 17 nitrogen and oxygen atoms in total. The smallest absolute Gasteiger partial charge is 0.326 e. The number of carboxylic acids is 2. The molecular formula is C37H68N4O13. The van der Waals surface area contributed by atoms with E-state index in [9.17, 15) is 33.9 Å². The predicted octanol–water partition coefficient (Wildman–Crippen LogP) is 2.07. The third-order valence-corrected chi connectivity index (χ3v) is 8.14. The Bertz CT molecular complexity index is 1000. The Morgan fingerprint density at radius 3 is 1.35 bits per heavy atom. The maximum Gasteiger partial charge on any atom is 0.326 e. The fourth-order valence-corrected chi connectivity index (χ4v) is 5.15. The molecule has 0 aromatic rings. The van der Waals surface area contributed by atoms with Gasteiger partial charge in [0.1, 0.15) is 25.8 Å². The van der Waals surface area contributed by atoms with Gasteiger partial charge in [-0.05, 0) is 19.3 Å². The Morgan fingerprint density at radius 2 is 0.889 bits per heavy atom. The van der Waals surface area contributed by atoms with Crippen molar-refractivity contribution in [1.29, 1.82) is 0 Å². The lowest BCUT2D eigenvalue weighted by Gasteiger charge is -2.14. The third-order valence-electron chi connectivity index (χ3n) is 8.14. The Kier molecular flexibility index (Phi) is 35.5. The van der Waals surface area contributed by atoms with E-state index in [1.807, 2.05) is 0 Å². The summed E-state index contributed by atoms with van der Waals surface area (Å²) < 4.78 is 20.9. The van der Waals surface area contributed by atoms with Crippen LogP contribution in [0.1, 0.15) is 116 Å². The second kappa shape index (κ2) is 37.9. The van der Waals surface area contributed by atoms with Crippen molar-refractivity contribution < 1.29 is 63.0 Å². The minimum atomic E-state index is -1.18. The zero-order valence-corrected chi connectivity index (χ0v) is 32.2. The van der Waals surface area contributed by atoms with Crippen LogP contribution in [0.3, 0.4) is 0 Å². The number of ether oxygens (including phenoxy) is 4. The highest BCUT2D eigenvalue weighted by Crippen LogP contribution is 2.14. The van der Waals surface area contributed by atoms with E-state index in [2.05, 4.69) is 21.3 Å². The van der Waals surface area contributed by atoms with Gasteiger partial charge in [-0.15, -0.1) is 0 Å². The van der Waals surface area contributed by atoms with E-state index in [-0.39, 0.29) is 103 Å². The third kappa shape index (κ3) is 37.0. The summed E-state index contributed by atoms with van der Waals surface area (Å²) in [5.74, 6) is -3.89. The first-order valence-corrected chi connectivity index (χ1v) is 19.6. The molecule has 0 heterocycles. The molecule has 0 aromatic carbocycles. The van der Waals surface area contributed by atoms with Crippen LogP contribution in [0.2, 0.25) is 0 Å². The average molecular weight is 777 g/mol. The van der Waals surface area contributed by atoms with E-state index in [1.165, 1.54) is 57.8 Å². The summed E-state index contributed by atoms with van der Waals surface area (Å²) in [5.41, 5.74) is 0. The molecule has 4 amide bonds. The summed E-state index contributed by atoms with van der Waals surface area (Å²) in [6.07, 6.45) is 17.4. The van der Waals surface area contributed by atoms with Crippen LogP contribution in [0, 0.1) is 0 Å². The summed E-state index contributed by atoms with van der Waals surface area (Å²) in [4.78, 5) is 69.5. The van der Waals surface area contributed by atoms with Crippen molar-refractivity contribution in [2.75, 3.05) is 79.1 Å². The van der Waals surface area contributed by atoms with Gasteiger partial charge in [0.25, 0.3) is 0 Å². The molecule has 54 heavy (non-hydrogen) atoms. The monoisotopic (exact) mass is 776 g/mol. The molecule has 7 N–H and O–H groups in total. The largest absolute Gasteiger partial charge is 0.480 e. The van der Waals surface area contributed by atoms with E-state index in [0.717, 1.165) is 32.1 Å². The summed E-state index contributed by atoms with van der Waals surface area (Å²) in [6, 6.07) is -1.13. The van der Waals surface area contributed by atoms with Crippen LogP contribution in [0.5, 0.6) is 0 Å². The molecule has 0 fully saturated rings. The van der Waals surface area contributed by atoms with Crippen LogP contribution in [0.15, 0.2) is 0 Å². The zero-order chi connectivity index (χ0) is 39.9. The van der Waals surface area contributed by atoms with Crippen molar-refractivity contribution in [2.24, 2.45) is 0 Å². The lowest BCUT2D eigenvalue weighted by atomic mass is 10.0. The molecule has 0 aliphatic carbocycles. The van der Waals surface area contributed by atoms with Crippen molar-refractivity contribution in [2.45, 2.75) is 122 Å². The molecule has 0 radical (unpaired) electrons. The van der Waals surface area contributed by atoms with Crippen molar-refractivity contribution in [3.8, 4) is 0 Å². The molecule has 0 aromatic heterocycles. The lowest BCUT2D eigenvalue weighted by molar-refractivity contribution is -0.142. The Labute approximate surface area is 320 Å². The Morgan fingerprint density at radius 1 is 0.463 bits per heavy atom. The number of rotatable bonds is 40. The molecule has 0 aliphatic rings. The highest BCUT2D eigenvalue weighted by Gasteiger charge is 2.20. The minimum Gasteiger partial charge on any atom is -0.480 e. The number of aliphatic hydroxyl groups excluding tert-OH is 1. The number of carbonyl (C=O) groups excluding carboxylic acids is 4. The molecule has 0 aliphatic heterocycles. The van der Waals surface area contributed by atoms with Crippen LogP contribution < -0.4 is 21.3 Å². The summed E-state index contributed by atoms with van der Waals surface area (Å²) in [6.45, 7) is 0.908. The average Bonchev–Trinajstić information content (AvgIpc) is 3.14. The number of nitrogens with one attached hydrogen (secondary N) is 4. The van der Waals surface area contributed by atoms with E-state index in [1.54, 1.807) is 0 Å². The van der Waals surface area contributed by atoms with Crippen LogP contribution in [0.4, 0.5) is 0 Å². The van der Waals surface area contributed by atoms with Gasteiger partial charge in [0.05, 0.1) is 39.6 Å². The van der Waals surface area contributed by atoms with Crippen LogP contribution in [-0.4, -0.2) is 136 Å². The standard InChI is InChI=1S/C37H68N4O13/c42-21-15-13-11-9-7-5-3-1-2-4-6-8-10-12-14-16-33(44)41-31(37(49)50)17-18-32(43)38-19-22-51-24-26-53-29-34(45)39-20-23-52-25-27-54-30-35(46)40-28-36(47)48/h31,42H,1-30H2,(H,38,43)(H,39,45)(H,40,46)(H,41,44)(H,47,48)(H,49,50). The number of carbonyl (C=O) groups is 6. The van der Waals surface area contributed by atoms with Crippen molar-refractivity contribution in [3.05, 3.63) is 0 Å². The van der Waals surface area contributed by atoms with Gasteiger partial charge < -0.3 is 55.5 Å². The minimum absolute atomic E-state index is 0.0213. The van der Waals surface area contributed by atoms with Crippen LogP contribution in [-0.2, 0) is 47.7 Å². The van der Waals surface area contributed by atoms with Gasteiger partial charge in [0.15, 0.2) is 0 Å². The van der Waals surface area contributed by atoms with Gasteiger partial charge in [0, 0.05) is 32.5 Å². The van der Waals surface area contributed by atoms with Gasteiger partial charge in [-0.25, -0.2) is 4.79 Å². The van der Waals surface area contributed by atoms with E-state index >= 15 is 0 Å². The number of aliphatic hydroxyl groups is 1. The number of aliphatic carboxylic acids is 2. The van der Waals surface area contributed by atoms with Crippen molar-refractivity contribution in [3.63, 3.8) is 0 Å². The SMILES string of the molecule is O=C(O)CNC(=O)COCCOCCNC(=O)COCCOCCNC(=O)CCC(NC(=O)CCCCCCCCCCCCCCCCCO)C(=O)O. The molecule has 0 spiro atoms. The van der Waals surface area contributed by atoms with Crippen molar-refractivity contribution >= 4 is 35.6 Å². The predicted molar refractivity (Wildman–Crippen MR) is 200 cm³/mol. The normalized spacial score (nSPS) is 11.5. The van der Waals surface area contributed by atoms with Crippen LogP contribution in [0.25, 0.3) is 0 Å². The molecule has 1 unspecified atom stereocenters. The number of hydrogen-bond donors (Lipinski definition) is 7. The molecule has 0 bridgehead atoms. The maximum atomic E-state index is 12.3. The first kappa shape index (κ1) is 50.6. The van der Waals surface area contributed by atoms with Crippen molar-refractivity contribution in [1.82, 2.24) is 21.3 Å². The molecule has 1 atom stereocenters. The van der Waals surface area contributed by atoms with Gasteiger partial charge in [-0.1, -0.05) is 83.5 Å². The fourth-order valence-electron chi connectivity index (χ4n) is 5.15. The molecule has 17 heteroatoms. The topological polar surface area (TPSA) is 248 Å². The quantitative estimate of drug-likeness (QED) is 0.0441. The second-order valence-electron chi connectivity index (χ2n) is 13.0. The highest BCUT2D eigenvalue weighted by molar-refractivity contribution is 5.84. The summed E-state index contributed by atoms with van der Waals surface area (Å²) in [7, 11) is 0. The molecule has 314 valence electrons. The molecule has 0 rings (SSSR count). The van der Waals surface area contributed by atoms with E-state index in [0.29, 0.717) is 13.0 Å². The first-order chi connectivity index (χ1) is 26.1. The van der Waals surface area contributed by atoms with Crippen LogP contribution >= 0.6 is 0 Å². The fraction of sp³-hybridized carbons (Fsp3) is 0.838. The second-order valence-corrected chi connectivity index (χ2v) is 13.0. The lowest BCUT2D eigenvalue weighted by Crippen LogP contribution is -2.41. The zero-order valence-electron chi connectivity index (χ0n) is 32.2. The number of amides is 4. The summed E-state index contributed by atoms with van der Waals surface area (Å²) >= 11 is 0. The molecular weight excluding hydrogens is 708 g/mol. The van der Waals surface area contributed by atoms with E-state index < -0.39 is 30.4 Å². The maximum absolute atomic E-state index is 12.3. The number of carboxylic acid groups (broad SMARTS) is 2. The summed E-state index contributed by atoms with van der Waals surface area (Å²) in [5, 5.41) is 36.7.